The third-order valence-electron chi connectivity index (χ3n) is 10.4. The van der Waals surface area contributed by atoms with Gasteiger partial charge in [0.1, 0.15) is 0 Å². The highest BCUT2D eigenvalue weighted by atomic mass is 14.2. The highest BCUT2D eigenvalue weighted by molar-refractivity contribution is 6.24. The van der Waals surface area contributed by atoms with Crippen LogP contribution >= 0.6 is 0 Å². The van der Waals surface area contributed by atoms with Gasteiger partial charge in [0.2, 0.25) is 0 Å². The van der Waals surface area contributed by atoms with E-state index in [1.165, 1.54) is 104 Å². The second-order valence-electron chi connectivity index (χ2n) is 12.6. The van der Waals surface area contributed by atoms with Crippen LogP contribution in [0, 0.1) is 34.6 Å². The Hall–Kier alpha value is -5.20. The molecule has 216 valence electrons. The van der Waals surface area contributed by atoms with E-state index in [0.29, 0.717) is 0 Å². The van der Waals surface area contributed by atoms with E-state index < -0.39 is 0 Å². The second kappa shape index (κ2) is 10.5. The zero-order valence-corrected chi connectivity index (χ0v) is 26.6. The molecular formula is C45H36. The predicted octanol–water partition coefficient (Wildman–Crippen LogP) is 12.8. The summed E-state index contributed by atoms with van der Waals surface area (Å²) in [7, 11) is 0. The van der Waals surface area contributed by atoms with E-state index in [1.54, 1.807) is 0 Å². The van der Waals surface area contributed by atoms with E-state index in [-0.39, 0.29) is 0 Å². The monoisotopic (exact) mass is 576 g/mol. The molecule has 0 aliphatic rings. The van der Waals surface area contributed by atoms with Crippen LogP contribution in [0.25, 0.3) is 76.5 Å². The summed E-state index contributed by atoms with van der Waals surface area (Å²) in [6.07, 6.45) is 0. The van der Waals surface area contributed by atoms with Gasteiger partial charge in [0.15, 0.2) is 0 Å². The average molecular weight is 577 g/mol. The van der Waals surface area contributed by atoms with Crippen molar-refractivity contribution in [2.75, 3.05) is 0 Å². The smallest absolute Gasteiger partial charge is 0.00201 e. The molecule has 0 saturated heterocycles. The summed E-state index contributed by atoms with van der Waals surface area (Å²) in [5, 5.41) is 10.2. The van der Waals surface area contributed by atoms with E-state index in [9.17, 15) is 0 Å². The van der Waals surface area contributed by atoms with Crippen LogP contribution in [0.1, 0.15) is 27.8 Å². The zero-order valence-electron chi connectivity index (χ0n) is 26.6. The predicted molar refractivity (Wildman–Crippen MR) is 196 cm³/mol. The quantitative estimate of drug-likeness (QED) is 0.184. The maximum absolute atomic E-state index is 2.48. The number of hydrogen-bond acceptors (Lipinski definition) is 0. The van der Waals surface area contributed by atoms with Crippen molar-refractivity contribution in [3.63, 3.8) is 0 Å². The topological polar surface area (TPSA) is 0 Å². The van der Waals surface area contributed by atoms with Crippen LogP contribution in [0.3, 0.4) is 0 Å². The van der Waals surface area contributed by atoms with Gasteiger partial charge in [-0.1, -0.05) is 115 Å². The van der Waals surface area contributed by atoms with Crippen LogP contribution in [0.5, 0.6) is 0 Å². The molecule has 8 aromatic carbocycles. The molecule has 0 nitrogen and oxygen atoms in total. The lowest BCUT2D eigenvalue weighted by Crippen LogP contribution is -2.00. The van der Waals surface area contributed by atoms with Crippen LogP contribution in [-0.4, -0.2) is 0 Å². The first-order valence-corrected chi connectivity index (χ1v) is 16.0. The SMILES string of the molecule is Cc1c(C)c(C)c(-c2ccc3c(-c4cccc5ccccc45)c4ccccc4c(-c4ccc5ccccc5c4)c3c2)c(C)c1C. The van der Waals surface area contributed by atoms with Gasteiger partial charge in [0, 0.05) is 0 Å². The normalized spacial score (nSPS) is 11.7. The standard InChI is InChI=1S/C45H36/c1-27-28(2)30(4)43(31(5)29(27)3)36-23-24-41-42(26-36)44(35-22-21-32-13-6-7-15-34(32)25-35)39-18-10-11-19-40(39)45(41)38-20-12-16-33-14-8-9-17-37(33)38/h6-26H,1-5H3. The Bertz CT molecular complexity index is 2440. The van der Waals surface area contributed by atoms with Crippen molar-refractivity contribution in [2.24, 2.45) is 0 Å². The lowest BCUT2D eigenvalue weighted by atomic mass is 9.82. The molecule has 0 aliphatic carbocycles. The Labute approximate surface area is 265 Å². The summed E-state index contributed by atoms with van der Waals surface area (Å²) in [4.78, 5) is 0. The molecule has 8 rings (SSSR count). The molecule has 0 aliphatic heterocycles. The Morgan fingerprint density at radius 1 is 0.289 bits per heavy atom. The van der Waals surface area contributed by atoms with Crippen molar-refractivity contribution in [1.82, 2.24) is 0 Å². The molecule has 0 heterocycles. The van der Waals surface area contributed by atoms with Gasteiger partial charge in [0.05, 0.1) is 0 Å². The molecule has 0 bridgehead atoms. The Morgan fingerprint density at radius 2 is 0.800 bits per heavy atom. The van der Waals surface area contributed by atoms with Gasteiger partial charge in [-0.3, -0.25) is 0 Å². The van der Waals surface area contributed by atoms with Crippen LogP contribution < -0.4 is 0 Å². The summed E-state index contributed by atoms with van der Waals surface area (Å²) < 4.78 is 0. The molecule has 0 heteroatoms. The van der Waals surface area contributed by atoms with E-state index in [2.05, 4.69) is 162 Å². The Morgan fingerprint density at radius 3 is 1.53 bits per heavy atom. The molecule has 45 heavy (non-hydrogen) atoms. The molecule has 0 amide bonds. The van der Waals surface area contributed by atoms with Crippen molar-refractivity contribution >= 4 is 43.1 Å². The first kappa shape index (κ1) is 27.4. The van der Waals surface area contributed by atoms with E-state index in [1.807, 2.05) is 0 Å². The molecule has 0 saturated carbocycles. The van der Waals surface area contributed by atoms with Gasteiger partial charge >= 0.3 is 0 Å². The number of rotatable bonds is 3. The zero-order chi connectivity index (χ0) is 30.8. The molecular weight excluding hydrogens is 540 g/mol. The lowest BCUT2D eigenvalue weighted by Gasteiger charge is -2.22. The van der Waals surface area contributed by atoms with Crippen LogP contribution in [0.4, 0.5) is 0 Å². The molecule has 8 aromatic rings. The van der Waals surface area contributed by atoms with E-state index >= 15 is 0 Å². The van der Waals surface area contributed by atoms with Crippen molar-refractivity contribution < 1.29 is 0 Å². The third kappa shape index (κ3) is 4.20. The largest absolute Gasteiger partial charge is 0.0616 e. The van der Waals surface area contributed by atoms with Gasteiger partial charge in [-0.2, -0.15) is 0 Å². The Kier molecular flexibility index (Phi) is 6.36. The molecule has 0 radical (unpaired) electrons. The van der Waals surface area contributed by atoms with Crippen LogP contribution in [0.15, 0.2) is 127 Å². The summed E-state index contributed by atoms with van der Waals surface area (Å²) in [5.74, 6) is 0. The molecule has 0 N–H and O–H groups in total. The molecule has 0 unspecified atom stereocenters. The lowest BCUT2D eigenvalue weighted by molar-refractivity contribution is 1.18. The fourth-order valence-electron chi connectivity index (χ4n) is 7.66. The highest BCUT2D eigenvalue weighted by Gasteiger charge is 2.20. The summed E-state index contributed by atoms with van der Waals surface area (Å²) in [5.41, 5.74) is 14.7. The molecule has 0 spiro atoms. The van der Waals surface area contributed by atoms with E-state index in [4.69, 9.17) is 0 Å². The fraction of sp³-hybridized carbons (Fsp3) is 0.111. The highest BCUT2D eigenvalue weighted by Crippen LogP contribution is 2.47. The van der Waals surface area contributed by atoms with Gasteiger partial charge in [-0.25, -0.2) is 0 Å². The van der Waals surface area contributed by atoms with Crippen molar-refractivity contribution in [3.8, 4) is 33.4 Å². The molecule has 0 atom stereocenters. The van der Waals surface area contributed by atoms with Gasteiger partial charge in [0.25, 0.3) is 0 Å². The maximum Gasteiger partial charge on any atom is -0.00201 e. The summed E-state index contributed by atoms with van der Waals surface area (Å²) in [6.45, 7) is 11.4. The van der Waals surface area contributed by atoms with Gasteiger partial charge in [-0.05, 0) is 151 Å². The summed E-state index contributed by atoms with van der Waals surface area (Å²) >= 11 is 0. The van der Waals surface area contributed by atoms with Crippen LogP contribution in [0.2, 0.25) is 0 Å². The van der Waals surface area contributed by atoms with E-state index in [0.717, 1.165) is 0 Å². The van der Waals surface area contributed by atoms with Crippen molar-refractivity contribution in [1.29, 1.82) is 0 Å². The summed E-state index contributed by atoms with van der Waals surface area (Å²) in [6, 6.07) is 47.4. The second-order valence-corrected chi connectivity index (χ2v) is 12.6. The molecule has 0 aromatic heterocycles. The minimum absolute atomic E-state index is 1.25. The number of hydrogen-bond donors (Lipinski definition) is 0. The Balaban J connectivity index is 1.56. The van der Waals surface area contributed by atoms with Crippen molar-refractivity contribution in [3.05, 3.63) is 155 Å². The first-order chi connectivity index (χ1) is 21.9. The maximum atomic E-state index is 2.48. The minimum atomic E-state index is 1.25. The molecule has 0 fully saturated rings. The number of fused-ring (bicyclic) bond motifs is 4. The fourth-order valence-corrected chi connectivity index (χ4v) is 7.66. The minimum Gasteiger partial charge on any atom is -0.0616 e. The van der Waals surface area contributed by atoms with Crippen molar-refractivity contribution in [2.45, 2.75) is 34.6 Å². The average Bonchev–Trinajstić information content (AvgIpc) is 3.08. The third-order valence-corrected chi connectivity index (χ3v) is 10.4. The van der Waals surface area contributed by atoms with Crippen LogP contribution in [-0.2, 0) is 0 Å². The van der Waals surface area contributed by atoms with Gasteiger partial charge in [-0.15, -0.1) is 0 Å². The first-order valence-electron chi connectivity index (χ1n) is 16.0. The number of benzene rings is 8. The van der Waals surface area contributed by atoms with Gasteiger partial charge < -0.3 is 0 Å².